The molecule has 8 aromatic carbocycles. The van der Waals surface area contributed by atoms with Crippen LogP contribution in [0.2, 0.25) is 0 Å². The third-order valence-corrected chi connectivity index (χ3v) is 11.7. The molecule has 0 radical (unpaired) electrons. The van der Waals surface area contributed by atoms with E-state index in [9.17, 15) is 0 Å². The van der Waals surface area contributed by atoms with E-state index in [0.717, 1.165) is 99.7 Å². The third kappa shape index (κ3) is 5.88. The standard InChI is InChI=1S/C56H35N5O/c1-5-18-36(19-6-1)49-50(38-20-7-2-8-21-38)60-61-51(39-22-9-3-10-23-39)48(43-27-13-14-28-44(43)52(49)61)37-32-34-41(35-33-37)55-57-54(40-24-11-4-12-25-40)58-56(59-55)46-30-17-29-45-42-26-15-16-31-47(42)62-53(45)46/h1-35H. The fourth-order valence-electron chi connectivity index (χ4n) is 8.85. The van der Waals surface area contributed by atoms with E-state index in [1.807, 2.05) is 60.7 Å². The predicted octanol–water partition coefficient (Wildman–Crippen LogP) is 14.2. The molecule has 12 aromatic rings. The number of aromatic nitrogens is 5. The molecular formula is C56H35N5O. The Balaban J connectivity index is 1.08. The summed E-state index contributed by atoms with van der Waals surface area (Å²) in [5, 5.41) is 9.86. The van der Waals surface area contributed by atoms with Crippen molar-refractivity contribution in [1.82, 2.24) is 24.6 Å². The third-order valence-electron chi connectivity index (χ3n) is 11.7. The Morgan fingerprint density at radius 2 is 0.823 bits per heavy atom. The van der Waals surface area contributed by atoms with E-state index in [2.05, 4.69) is 156 Å². The van der Waals surface area contributed by atoms with E-state index in [4.69, 9.17) is 24.5 Å². The van der Waals surface area contributed by atoms with Crippen LogP contribution in [-0.4, -0.2) is 24.6 Å². The quantitative estimate of drug-likeness (QED) is 0.161. The molecule has 4 aromatic heterocycles. The maximum Gasteiger partial charge on any atom is 0.167 e. The highest BCUT2D eigenvalue weighted by atomic mass is 16.3. The van der Waals surface area contributed by atoms with Crippen LogP contribution < -0.4 is 0 Å². The fraction of sp³-hybridized carbons (Fsp3) is 0. The lowest BCUT2D eigenvalue weighted by molar-refractivity contribution is 0.669. The topological polar surface area (TPSA) is 69.1 Å². The Morgan fingerprint density at radius 1 is 0.339 bits per heavy atom. The molecule has 0 N–H and O–H groups in total. The predicted molar refractivity (Wildman–Crippen MR) is 251 cm³/mol. The molecule has 6 nitrogen and oxygen atoms in total. The van der Waals surface area contributed by atoms with Crippen molar-refractivity contribution in [2.45, 2.75) is 0 Å². The average molecular weight is 794 g/mol. The zero-order valence-corrected chi connectivity index (χ0v) is 33.4. The van der Waals surface area contributed by atoms with Crippen LogP contribution >= 0.6 is 0 Å². The number of fused-ring (bicyclic) bond motifs is 6. The number of hydrogen-bond donors (Lipinski definition) is 0. The summed E-state index contributed by atoms with van der Waals surface area (Å²) >= 11 is 0. The summed E-state index contributed by atoms with van der Waals surface area (Å²) in [5.74, 6) is 1.71. The molecule has 290 valence electrons. The first kappa shape index (κ1) is 35.5. The van der Waals surface area contributed by atoms with Crippen molar-refractivity contribution in [3.63, 3.8) is 0 Å². The van der Waals surface area contributed by atoms with Crippen molar-refractivity contribution in [1.29, 1.82) is 0 Å². The van der Waals surface area contributed by atoms with Gasteiger partial charge in [0.05, 0.1) is 16.8 Å². The van der Waals surface area contributed by atoms with Crippen LogP contribution in [0.15, 0.2) is 217 Å². The molecule has 0 saturated carbocycles. The molecule has 4 heterocycles. The van der Waals surface area contributed by atoms with E-state index >= 15 is 0 Å². The molecular weight excluding hydrogens is 759 g/mol. The van der Waals surface area contributed by atoms with Gasteiger partial charge in [0.1, 0.15) is 16.9 Å². The zero-order chi connectivity index (χ0) is 41.0. The SMILES string of the molecule is c1ccc(-c2nc(-c3ccc(-c4c(-c5ccccc5)n5nc(-c6ccccc6)c(-c6ccccc6)c5c5ccccc45)cc3)nc(-c3cccc4c3oc3ccccc34)n2)cc1. The van der Waals surface area contributed by atoms with Gasteiger partial charge in [0.25, 0.3) is 0 Å². The Morgan fingerprint density at radius 3 is 1.50 bits per heavy atom. The lowest BCUT2D eigenvalue weighted by atomic mass is 9.91. The highest BCUT2D eigenvalue weighted by Crippen LogP contribution is 2.46. The van der Waals surface area contributed by atoms with Crippen LogP contribution in [0, 0.1) is 0 Å². The molecule has 0 aliphatic rings. The normalized spacial score (nSPS) is 11.5. The first-order valence-corrected chi connectivity index (χ1v) is 20.7. The van der Waals surface area contributed by atoms with Gasteiger partial charge in [-0.05, 0) is 28.6 Å². The Hall–Kier alpha value is -8.48. The van der Waals surface area contributed by atoms with Crippen LogP contribution in [0.1, 0.15) is 0 Å². The molecule has 0 bridgehead atoms. The van der Waals surface area contributed by atoms with Gasteiger partial charge in [-0.15, -0.1) is 0 Å². The van der Waals surface area contributed by atoms with Crippen LogP contribution in [0.25, 0.3) is 117 Å². The lowest BCUT2D eigenvalue weighted by Crippen LogP contribution is -2.01. The Kier molecular flexibility index (Phi) is 8.38. The maximum atomic E-state index is 6.46. The molecule has 6 heteroatoms. The molecule has 0 aliphatic carbocycles. The van der Waals surface area contributed by atoms with Crippen LogP contribution in [-0.2, 0) is 0 Å². The Labute approximate surface area is 357 Å². The number of benzene rings is 8. The minimum absolute atomic E-state index is 0.549. The van der Waals surface area contributed by atoms with Crippen molar-refractivity contribution in [3.8, 4) is 78.9 Å². The van der Waals surface area contributed by atoms with E-state index in [-0.39, 0.29) is 0 Å². The Bertz CT molecular complexity index is 3600. The second-order valence-electron chi connectivity index (χ2n) is 15.4. The number of hydrogen-bond acceptors (Lipinski definition) is 5. The summed E-state index contributed by atoms with van der Waals surface area (Å²) < 4.78 is 8.63. The number of pyridine rings is 1. The van der Waals surface area contributed by atoms with Gasteiger partial charge in [-0.25, -0.2) is 19.5 Å². The first-order valence-electron chi connectivity index (χ1n) is 20.7. The largest absolute Gasteiger partial charge is 0.455 e. The first-order chi connectivity index (χ1) is 30.8. The van der Waals surface area contributed by atoms with Gasteiger partial charge < -0.3 is 4.42 Å². The molecule has 0 saturated heterocycles. The van der Waals surface area contributed by atoms with Gasteiger partial charge in [0.2, 0.25) is 0 Å². The van der Waals surface area contributed by atoms with Gasteiger partial charge in [-0.2, -0.15) is 5.10 Å². The summed E-state index contributed by atoms with van der Waals surface area (Å²) in [6.45, 7) is 0. The average Bonchev–Trinajstić information content (AvgIpc) is 3.95. The smallest absolute Gasteiger partial charge is 0.167 e. The number of nitrogens with zero attached hydrogens (tertiary/aromatic N) is 5. The molecule has 0 spiro atoms. The highest BCUT2D eigenvalue weighted by molar-refractivity contribution is 6.15. The summed E-state index contributed by atoms with van der Waals surface area (Å²) in [4.78, 5) is 15.3. The molecule has 62 heavy (non-hydrogen) atoms. The van der Waals surface area contributed by atoms with Gasteiger partial charge in [0.15, 0.2) is 17.5 Å². The minimum Gasteiger partial charge on any atom is -0.455 e. The number of furan rings is 1. The fourth-order valence-corrected chi connectivity index (χ4v) is 8.85. The van der Waals surface area contributed by atoms with Crippen molar-refractivity contribution >= 4 is 38.2 Å². The molecule has 12 rings (SSSR count). The van der Waals surface area contributed by atoms with Crippen LogP contribution in [0.5, 0.6) is 0 Å². The molecule has 0 aliphatic heterocycles. The monoisotopic (exact) mass is 793 g/mol. The second kappa shape index (κ2) is 14.7. The molecule has 0 amide bonds. The number of para-hydroxylation sites is 2. The lowest BCUT2D eigenvalue weighted by Gasteiger charge is -2.18. The van der Waals surface area contributed by atoms with Crippen molar-refractivity contribution < 1.29 is 4.42 Å². The van der Waals surface area contributed by atoms with E-state index in [0.29, 0.717) is 17.5 Å². The van der Waals surface area contributed by atoms with Crippen molar-refractivity contribution in [2.24, 2.45) is 0 Å². The zero-order valence-electron chi connectivity index (χ0n) is 33.4. The van der Waals surface area contributed by atoms with Gasteiger partial charge in [0, 0.05) is 49.5 Å². The van der Waals surface area contributed by atoms with Gasteiger partial charge >= 0.3 is 0 Å². The molecule has 0 unspecified atom stereocenters. The van der Waals surface area contributed by atoms with Crippen molar-refractivity contribution in [2.75, 3.05) is 0 Å². The maximum absolute atomic E-state index is 6.46. The van der Waals surface area contributed by atoms with Crippen molar-refractivity contribution in [3.05, 3.63) is 212 Å². The summed E-state index contributed by atoms with van der Waals surface area (Å²) in [6, 6.07) is 73.3. The van der Waals surface area contributed by atoms with E-state index in [1.165, 1.54) is 0 Å². The summed E-state index contributed by atoms with van der Waals surface area (Å²) in [6.07, 6.45) is 0. The van der Waals surface area contributed by atoms with E-state index in [1.54, 1.807) is 0 Å². The summed E-state index contributed by atoms with van der Waals surface area (Å²) in [5.41, 5.74) is 13.7. The summed E-state index contributed by atoms with van der Waals surface area (Å²) in [7, 11) is 0. The second-order valence-corrected chi connectivity index (χ2v) is 15.4. The van der Waals surface area contributed by atoms with Gasteiger partial charge in [-0.1, -0.05) is 200 Å². The van der Waals surface area contributed by atoms with E-state index < -0.39 is 0 Å². The van der Waals surface area contributed by atoms with Gasteiger partial charge in [-0.3, -0.25) is 0 Å². The number of rotatable bonds is 7. The molecule has 0 atom stereocenters. The van der Waals surface area contributed by atoms with Crippen LogP contribution in [0.3, 0.4) is 0 Å². The molecule has 0 fully saturated rings. The minimum atomic E-state index is 0.549. The highest BCUT2D eigenvalue weighted by Gasteiger charge is 2.25. The van der Waals surface area contributed by atoms with Crippen LogP contribution in [0.4, 0.5) is 0 Å².